The Hall–Kier alpha value is -1.26. The van der Waals surface area contributed by atoms with Crippen LogP contribution in [0.2, 0.25) is 0 Å². The van der Waals surface area contributed by atoms with Crippen molar-refractivity contribution in [3.63, 3.8) is 0 Å². The molecule has 0 heterocycles. The van der Waals surface area contributed by atoms with Gasteiger partial charge in [-0.1, -0.05) is 20.8 Å². The lowest BCUT2D eigenvalue weighted by atomic mass is 9.90. The van der Waals surface area contributed by atoms with Crippen molar-refractivity contribution in [3.05, 3.63) is 0 Å². The number of hydrogen-bond donors (Lipinski definition) is 1. The molecular weight excluding hydrogens is 270 g/mol. The van der Waals surface area contributed by atoms with Crippen LogP contribution in [0.5, 0.6) is 0 Å². The lowest BCUT2D eigenvalue weighted by molar-refractivity contribution is -0.151. The van der Waals surface area contributed by atoms with E-state index in [1.807, 2.05) is 20.8 Å². The van der Waals surface area contributed by atoms with E-state index in [0.717, 1.165) is 6.42 Å². The summed E-state index contributed by atoms with van der Waals surface area (Å²) in [5.74, 6) is -0.603. The topological polar surface area (TPSA) is 66.8 Å². The summed E-state index contributed by atoms with van der Waals surface area (Å²) in [5.41, 5.74) is -1.87. The minimum atomic E-state index is -1.23. The summed E-state index contributed by atoms with van der Waals surface area (Å²) in [6, 6.07) is 0. The quantitative estimate of drug-likeness (QED) is 0.774. The van der Waals surface area contributed by atoms with Crippen LogP contribution in [0.15, 0.2) is 0 Å². The van der Waals surface area contributed by atoms with Gasteiger partial charge in [-0.25, -0.2) is 9.59 Å². The first-order valence-electron chi connectivity index (χ1n) is 7.68. The van der Waals surface area contributed by atoms with Crippen molar-refractivity contribution in [1.82, 2.24) is 4.90 Å². The van der Waals surface area contributed by atoms with Crippen LogP contribution in [-0.2, 0) is 9.53 Å². The second-order valence-corrected chi connectivity index (χ2v) is 7.14. The monoisotopic (exact) mass is 301 g/mol. The summed E-state index contributed by atoms with van der Waals surface area (Å²) in [6.45, 7) is 13.3. The second kappa shape index (κ2) is 7.66. The maximum atomic E-state index is 12.4. The predicted octanol–water partition coefficient (Wildman–Crippen LogP) is 3.91. The molecule has 1 atom stereocenters. The molecule has 5 nitrogen and oxygen atoms in total. The molecule has 5 heteroatoms. The largest absolute Gasteiger partial charge is 0.480 e. The predicted molar refractivity (Wildman–Crippen MR) is 83.3 cm³/mol. The van der Waals surface area contributed by atoms with Crippen LogP contribution in [0, 0.1) is 5.92 Å². The Balaban J connectivity index is 5.33. The maximum Gasteiger partial charge on any atom is 0.411 e. The summed E-state index contributed by atoms with van der Waals surface area (Å²) in [7, 11) is 0. The first-order chi connectivity index (χ1) is 9.44. The van der Waals surface area contributed by atoms with Crippen LogP contribution in [-0.4, -0.2) is 39.8 Å². The minimum absolute atomic E-state index is 0.371. The van der Waals surface area contributed by atoms with Gasteiger partial charge in [0.1, 0.15) is 11.1 Å². The molecule has 0 aromatic heterocycles. The fraction of sp³-hybridized carbons (Fsp3) is 0.875. The highest BCUT2D eigenvalue weighted by atomic mass is 16.6. The number of carboxylic acids is 1. The van der Waals surface area contributed by atoms with Gasteiger partial charge in [0.05, 0.1) is 0 Å². The van der Waals surface area contributed by atoms with Gasteiger partial charge in [-0.3, -0.25) is 4.90 Å². The smallest absolute Gasteiger partial charge is 0.411 e. The number of carboxylic acid groups (broad SMARTS) is 1. The van der Waals surface area contributed by atoms with Crippen molar-refractivity contribution in [1.29, 1.82) is 0 Å². The molecule has 0 aromatic rings. The zero-order chi connectivity index (χ0) is 16.8. The van der Waals surface area contributed by atoms with Gasteiger partial charge in [0.25, 0.3) is 0 Å². The van der Waals surface area contributed by atoms with Gasteiger partial charge in [0, 0.05) is 6.54 Å². The molecule has 21 heavy (non-hydrogen) atoms. The molecule has 0 aliphatic rings. The van der Waals surface area contributed by atoms with Crippen LogP contribution in [0.25, 0.3) is 0 Å². The summed E-state index contributed by atoms with van der Waals surface area (Å²) >= 11 is 0. The third-order valence-corrected chi connectivity index (χ3v) is 3.33. The van der Waals surface area contributed by atoms with E-state index in [0.29, 0.717) is 25.3 Å². The zero-order valence-electron chi connectivity index (χ0n) is 14.5. The van der Waals surface area contributed by atoms with E-state index < -0.39 is 23.2 Å². The molecule has 0 bridgehead atoms. The Morgan fingerprint density at radius 2 is 1.71 bits per heavy atom. The number of carbonyl (C=O) groups is 2. The average molecular weight is 301 g/mol. The Morgan fingerprint density at radius 3 is 2.05 bits per heavy atom. The van der Waals surface area contributed by atoms with Gasteiger partial charge in [0.15, 0.2) is 0 Å². The maximum absolute atomic E-state index is 12.4. The van der Waals surface area contributed by atoms with Gasteiger partial charge in [-0.2, -0.15) is 0 Å². The third-order valence-electron chi connectivity index (χ3n) is 3.33. The van der Waals surface area contributed by atoms with Crippen LogP contribution >= 0.6 is 0 Å². The van der Waals surface area contributed by atoms with E-state index in [9.17, 15) is 14.7 Å². The molecule has 0 aliphatic carbocycles. The molecule has 124 valence electrons. The van der Waals surface area contributed by atoms with Crippen molar-refractivity contribution in [3.8, 4) is 0 Å². The van der Waals surface area contributed by atoms with Gasteiger partial charge in [0.2, 0.25) is 0 Å². The number of nitrogens with zero attached hydrogens (tertiary/aromatic N) is 1. The Bertz CT molecular complexity index is 360. The van der Waals surface area contributed by atoms with E-state index in [-0.39, 0.29) is 0 Å². The van der Waals surface area contributed by atoms with E-state index in [2.05, 4.69) is 0 Å². The first-order valence-corrected chi connectivity index (χ1v) is 7.68. The molecule has 0 fully saturated rings. The molecule has 0 aromatic carbocycles. The van der Waals surface area contributed by atoms with Gasteiger partial charge < -0.3 is 9.84 Å². The van der Waals surface area contributed by atoms with E-state index >= 15 is 0 Å². The van der Waals surface area contributed by atoms with Gasteiger partial charge >= 0.3 is 12.1 Å². The van der Waals surface area contributed by atoms with Crippen LogP contribution < -0.4 is 0 Å². The highest BCUT2D eigenvalue weighted by Crippen LogP contribution is 2.26. The highest BCUT2D eigenvalue weighted by molar-refractivity contribution is 5.84. The highest BCUT2D eigenvalue weighted by Gasteiger charge is 2.43. The SMILES string of the molecule is CCCN(C(=O)OC(C)(C)C)C(C)(CCC(C)C)C(=O)O. The van der Waals surface area contributed by atoms with Crippen molar-refractivity contribution in [2.45, 2.75) is 78.9 Å². The van der Waals surface area contributed by atoms with Crippen molar-refractivity contribution < 1.29 is 19.4 Å². The number of amides is 1. The zero-order valence-corrected chi connectivity index (χ0v) is 14.5. The Labute approximate surface area is 128 Å². The summed E-state index contributed by atoms with van der Waals surface area (Å²) < 4.78 is 5.38. The van der Waals surface area contributed by atoms with E-state index in [1.54, 1.807) is 27.7 Å². The number of hydrogen-bond acceptors (Lipinski definition) is 3. The summed E-state index contributed by atoms with van der Waals surface area (Å²) in [5, 5.41) is 9.64. The molecular formula is C16H31NO4. The van der Waals surface area contributed by atoms with Crippen molar-refractivity contribution >= 4 is 12.1 Å². The molecule has 0 saturated heterocycles. The van der Waals surface area contributed by atoms with E-state index in [4.69, 9.17) is 4.74 Å². The number of carbonyl (C=O) groups excluding carboxylic acids is 1. The van der Waals surface area contributed by atoms with E-state index in [1.165, 1.54) is 4.90 Å². The molecule has 0 spiro atoms. The van der Waals surface area contributed by atoms with Crippen LogP contribution in [0.1, 0.15) is 67.7 Å². The molecule has 1 unspecified atom stereocenters. The van der Waals surface area contributed by atoms with Gasteiger partial charge in [-0.15, -0.1) is 0 Å². The minimum Gasteiger partial charge on any atom is -0.480 e. The lowest BCUT2D eigenvalue weighted by Crippen LogP contribution is -2.56. The van der Waals surface area contributed by atoms with Crippen molar-refractivity contribution in [2.24, 2.45) is 5.92 Å². The fourth-order valence-corrected chi connectivity index (χ4v) is 2.01. The number of rotatable bonds is 7. The Morgan fingerprint density at radius 1 is 1.19 bits per heavy atom. The molecule has 0 rings (SSSR count). The van der Waals surface area contributed by atoms with Crippen LogP contribution in [0.3, 0.4) is 0 Å². The van der Waals surface area contributed by atoms with Crippen molar-refractivity contribution in [2.75, 3.05) is 6.54 Å². The number of ether oxygens (including phenoxy) is 1. The molecule has 0 saturated carbocycles. The normalized spacial score (nSPS) is 14.7. The first kappa shape index (κ1) is 19.7. The summed E-state index contributed by atoms with van der Waals surface area (Å²) in [4.78, 5) is 25.5. The molecule has 1 amide bonds. The number of aliphatic carboxylic acids is 1. The standard InChI is InChI=1S/C16H31NO4/c1-8-11-17(14(20)21-15(4,5)6)16(7,13(18)19)10-9-12(2)3/h12H,8-11H2,1-7H3,(H,18,19). The lowest BCUT2D eigenvalue weighted by Gasteiger charge is -2.39. The average Bonchev–Trinajstić information content (AvgIpc) is 2.30. The second-order valence-electron chi connectivity index (χ2n) is 7.14. The summed E-state index contributed by atoms with van der Waals surface area (Å²) in [6.07, 6.45) is 1.28. The molecule has 1 N–H and O–H groups in total. The van der Waals surface area contributed by atoms with Crippen LogP contribution in [0.4, 0.5) is 4.79 Å². The fourth-order valence-electron chi connectivity index (χ4n) is 2.01. The van der Waals surface area contributed by atoms with Gasteiger partial charge in [-0.05, 0) is 52.9 Å². The molecule has 0 radical (unpaired) electrons. The molecule has 0 aliphatic heterocycles. The Kier molecular flexibility index (Phi) is 7.20. The third kappa shape index (κ3) is 6.36.